The second-order valence-electron chi connectivity index (χ2n) is 9.10. The van der Waals surface area contributed by atoms with Crippen molar-refractivity contribution in [1.29, 1.82) is 5.26 Å². The molecule has 2 amide bonds. The Morgan fingerprint density at radius 1 is 1.27 bits per heavy atom. The van der Waals surface area contributed by atoms with Gasteiger partial charge in [0.25, 0.3) is 0 Å². The molecular formula is C25H28N6OS. The molecule has 0 saturated carbocycles. The molecule has 5 rings (SSSR count). The summed E-state index contributed by atoms with van der Waals surface area (Å²) in [5, 5.41) is 13.0. The van der Waals surface area contributed by atoms with Crippen LogP contribution < -0.4 is 5.32 Å². The van der Waals surface area contributed by atoms with Crippen LogP contribution in [-0.4, -0.2) is 58.7 Å². The lowest BCUT2D eigenvalue weighted by Gasteiger charge is -2.37. The minimum absolute atomic E-state index is 0.0766. The van der Waals surface area contributed by atoms with Crippen LogP contribution in [0.5, 0.6) is 0 Å². The van der Waals surface area contributed by atoms with Crippen molar-refractivity contribution in [1.82, 2.24) is 14.8 Å². The van der Waals surface area contributed by atoms with Crippen molar-refractivity contribution in [2.24, 2.45) is 4.99 Å². The second kappa shape index (κ2) is 9.08. The van der Waals surface area contributed by atoms with Crippen LogP contribution in [0.3, 0.4) is 0 Å². The molecule has 0 bridgehead atoms. The number of fused-ring (bicyclic) bond motifs is 1. The van der Waals surface area contributed by atoms with Crippen molar-refractivity contribution in [2.45, 2.75) is 45.1 Å². The summed E-state index contributed by atoms with van der Waals surface area (Å²) in [6, 6.07) is 10.1. The summed E-state index contributed by atoms with van der Waals surface area (Å²) in [6.45, 7) is 7.68. The standard InChI is InChI=1S/C25H28N6OS/c1-16-11-20(12-17(2)27-16)23-22(19-6-3-5-18(13-19)14-26)28-24(33-23)29-25(32)31-10-9-30-8-4-7-21(30)15-31/h3,5-6,11,13,20-21H,4,7-10,12,15H2,1-2H3,(H,28,29,32)/t20?,21-/m0/s1. The van der Waals surface area contributed by atoms with Gasteiger partial charge in [-0.15, -0.1) is 11.3 Å². The van der Waals surface area contributed by atoms with Gasteiger partial charge in [-0.2, -0.15) is 5.26 Å². The average Bonchev–Trinajstić information content (AvgIpc) is 3.45. The molecule has 1 N–H and O–H groups in total. The number of benzene rings is 1. The third-order valence-electron chi connectivity index (χ3n) is 6.67. The summed E-state index contributed by atoms with van der Waals surface area (Å²) in [7, 11) is 0. The van der Waals surface area contributed by atoms with Gasteiger partial charge < -0.3 is 4.90 Å². The molecule has 8 heteroatoms. The maximum Gasteiger partial charge on any atom is 0.323 e. The van der Waals surface area contributed by atoms with Crippen molar-refractivity contribution in [3.8, 4) is 17.3 Å². The minimum Gasteiger partial charge on any atom is -0.322 e. The Morgan fingerprint density at radius 3 is 2.97 bits per heavy atom. The van der Waals surface area contributed by atoms with E-state index in [2.05, 4.69) is 27.4 Å². The highest BCUT2D eigenvalue weighted by molar-refractivity contribution is 7.16. The number of urea groups is 1. The zero-order valence-corrected chi connectivity index (χ0v) is 19.9. The Kier molecular flexibility index (Phi) is 6.00. The van der Waals surface area contributed by atoms with Crippen LogP contribution in [0.1, 0.15) is 49.5 Å². The molecule has 2 atom stereocenters. The van der Waals surface area contributed by atoms with Crippen LogP contribution in [0.25, 0.3) is 11.3 Å². The topological polar surface area (TPSA) is 84.6 Å². The SMILES string of the molecule is CC1=CC(c2sc(NC(=O)N3CCN4CCC[C@H]4C3)nc2-c2cccc(C#N)c2)CC(C)=N1. The van der Waals surface area contributed by atoms with Gasteiger partial charge in [-0.1, -0.05) is 18.2 Å². The van der Waals surface area contributed by atoms with Crippen LogP contribution in [0.2, 0.25) is 0 Å². The van der Waals surface area contributed by atoms with Crippen LogP contribution in [-0.2, 0) is 0 Å². The molecule has 2 saturated heterocycles. The normalized spacial score (nSPS) is 22.9. The summed E-state index contributed by atoms with van der Waals surface area (Å²) in [5.41, 5.74) is 4.40. The predicted octanol–water partition coefficient (Wildman–Crippen LogP) is 4.85. The monoisotopic (exact) mass is 460 g/mol. The Bertz CT molecular complexity index is 1180. The number of nitrogens with zero attached hydrogens (tertiary/aromatic N) is 5. The van der Waals surface area contributed by atoms with E-state index in [1.807, 2.05) is 36.9 Å². The number of carbonyl (C=O) groups excluding carboxylic acids is 1. The highest BCUT2D eigenvalue weighted by Gasteiger charge is 2.33. The third-order valence-corrected chi connectivity index (χ3v) is 7.77. The predicted molar refractivity (Wildman–Crippen MR) is 132 cm³/mol. The van der Waals surface area contributed by atoms with E-state index >= 15 is 0 Å². The van der Waals surface area contributed by atoms with Crippen LogP contribution >= 0.6 is 11.3 Å². The number of allylic oxidation sites excluding steroid dienone is 2. The molecule has 170 valence electrons. The first-order valence-corrected chi connectivity index (χ1v) is 12.4. The van der Waals surface area contributed by atoms with Gasteiger partial charge in [-0.3, -0.25) is 15.2 Å². The molecule has 7 nitrogen and oxygen atoms in total. The van der Waals surface area contributed by atoms with E-state index in [1.165, 1.54) is 24.2 Å². The van der Waals surface area contributed by atoms with Crippen molar-refractivity contribution in [3.63, 3.8) is 0 Å². The number of carbonyl (C=O) groups is 1. The van der Waals surface area contributed by atoms with E-state index in [9.17, 15) is 10.1 Å². The quantitative estimate of drug-likeness (QED) is 0.710. The van der Waals surface area contributed by atoms with E-state index in [4.69, 9.17) is 4.98 Å². The van der Waals surface area contributed by atoms with Gasteiger partial charge in [0.1, 0.15) is 0 Å². The van der Waals surface area contributed by atoms with Gasteiger partial charge in [-0.25, -0.2) is 9.78 Å². The lowest BCUT2D eigenvalue weighted by molar-refractivity contribution is 0.124. The van der Waals surface area contributed by atoms with E-state index in [-0.39, 0.29) is 11.9 Å². The number of nitrogens with one attached hydrogen (secondary N) is 1. The Morgan fingerprint density at radius 2 is 2.15 bits per heavy atom. The maximum atomic E-state index is 13.1. The number of piperazine rings is 1. The Hall–Kier alpha value is -3.02. The molecule has 2 fully saturated rings. The third kappa shape index (κ3) is 4.56. The van der Waals surface area contributed by atoms with Gasteiger partial charge in [0, 0.05) is 53.4 Å². The van der Waals surface area contributed by atoms with Gasteiger partial charge in [0.15, 0.2) is 5.13 Å². The molecule has 3 aliphatic rings. The molecule has 0 spiro atoms. The first-order chi connectivity index (χ1) is 16.0. The number of amides is 2. The fraction of sp³-hybridized carbons (Fsp3) is 0.440. The zero-order chi connectivity index (χ0) is 22.9. The van der Waals surface area contributed by atoms with Gasteiger partial charge in [0.2, 0.25) is 0 Å². The Balaban J connectivity index is 1.43. The van der Waals surface area contributed by atoms with Crippen LogP contribution in [0, 0.1) is 11.3 Å². The van der Waals surface area contributed by atoms with Crippen LogP contribution in [0.4, 0.5) is 9.93 Å². The fourth-order valence-electron chi connectivity index (χ4n) is 5.15. The number of thiazole rings is 1. The maximum absolute atomic E-state index is 13.1. The summed E-state index contributed by atoms with van der Waals surface area (Å²) in [5.74, 6) is 0.147. The Labute approximate surface area is 198 Å². The number of anilines is 1. The van der Waals surface area contributed by atoms with E-state index in [0.717, 1.165) is 60.1 Å². The molecule has 1 unspecified atom stereocenters. The van der Waals surface area contributed by atoms with E-state index in [1.54, 1.807) is 6.07 Å². The first kappa shape index (κ1) is 21.8. The number of aliphatic imine (C=N–C) groups is 1. The lowest BCUT2D eigenvalue weighted by atomic mass is 9.94. The van der Waals surface area contributed by atoms with E-state index in [0.29, 0.717) is 16.7 Å². The van der Waals surface area contributed by atoms with Gasteiger partial charge in [-0.05, 0) is 51.8 Å². The molecule has 0 radical (unpaired) electrons. The highest BCUT2D eigenvalue weighted by atomic mass is 32.1. The van der Waals surface area contributed by atoms with Crippen molar-refractivity contribution in [3.05, 3.63) is 46.5 Å². The summed E-state index contributed by atoms with van der Waals surface area (Å²) in [4.78, 5) is 28.0. The fourth-order valence-corrected chi connectivity index (χ4v) is 6.19. The molecule has 4 heterocycles. The minimum atomic E-state index is -0.0766. The average molecular weight is 461 g/mol. The molecule has 1 aromatic heterocycles. The highest BCUT2D eigenvalue weighted by Crippen LogP contribution is 2.40. The molecule has 2 aromatic rings. The number of aromatic nitrogens is 1. The number of hydrogen-bond acceptors (Lipinski definition) is 6. The summed E-state index contributed by atoms with van der Waals surface area (Å²) >= 11 is 1.53. The van der Waals surface area contributed by atoms with Crippen molar-refractivity contribution in [2.75, 3.05) is 31.5 Å². The van der Waals surface area contributed by atoms with E-state index < -0.39 is 0 Å². The smallest absolute Gasteiger partial charge is 0.322 e. The summed E-state index contributed by atoms with van der Waals surface area (Å²) < 4.78 is 0. The van der Waals surface area contributed by atoms with Crippen LogP contribution in [0.15, 0.2) is 41.0 Å². The molecule has 33 heavy (non-hydrogen) atoms. The lowest BCUT2D eigenvalue weighted by Crippen LogP contribution is -2.53. The first-order valence-electron chi connectivity index (χ1n) is 11.5. The molecule has 3 aliphatic heterocycles. The molecular weight excluding hydrogens is 432 g/mol. The number of rotatable bonds is 3. The van der Waals surface area contributed by atoms with Gasteiger partial charge >= 0.3 is 6.03 Å². The summed E-state index contributed by atoms with van der Waals surface area (Å²) in [6.07, 6.45) is 5.38. The van der Waals surface area contributed by atoms with Crippen molar-refractivity contribution >= 4 is 28.2 Å². The molecule has 1 aromatic carbocycles. The molecule has 0 aliphatic carbocycles. The van der Waals surface area contributed by atoms with Gasteiger partial charge in [0.05, 0.1) is 17.3 Å². The van der Waals surface area contributed by atoms with Crippen molar-refractivity contribution < 1.29 is 4.79 Å². The number of nitriles is 1. The largest absolute Gasteiger partial charge is 0.323 e. The zero-order valence-electron chi connectivity index (χ0n) is 19.0. The number of hydrogen-bond donors (Lipinski definition) is 1. The second-order valence-corrected chi connectivity index (χ2v) is 10.1.